The average molecular weight is 324 g/mol. The summed E-state index contributed by atoms with van der Waals surface area (Å²) in [5.41, 5.74) is -0.178. The first-order valence-corrected chi connectivity index (χ1v) is 7.25. The Hall–Kier alpha value is -1.55. The number of rotatable bonds is 7. The zero-order chi connectivity index (χ0) is 16.3. The highest BCUT2D eigenvalue weighted by atomic mass is 31.2. The lowest BCUT2D eigenvalue weighted by atomic mass is 10.3. The quantitative estimate of drug-likeness (QED) is 0.195. The fraction of sp³-hybridized carbons (Fsp3) is 0.400. The molecule has 11 heteroatoms. The Morgan fingerprint density at radius 3 is 1.95 bits per heavy atom. The maximum Gasteiger partial charge on any atom is 0.524 e. The largest absolute Gasteiger partial charge is 0.524 e. The smallest absolute Gasteiger partial charge is 0.404 e. The topological polar surface area (TPSA) is 162 Å². The van der Waals surface area contributed by atoms with E-state index < -0.39 is 12.7 Å². The molecule has 0 saturated carbocycles. The van der Waals surface area contributed by atoms with Gasteiger partial charge in [-0.1, -0.05) is 0 Å². The number of hydrogen-bond donors (Lipinski definition) is 5. The second-order valence-electron chi connectivity index (χ2n) is 3.53. The number of nitrogens with zero attached hydrogens (tertiary/aromatic N) is 1. The lowest BCUT2D eigenvalue weighted by molar-refractivity contribution is -0.384. The summed E-state index contributed by atoms with van der Waals surface area (Å²) in [4.78, 5) is 26.4. The van der Waals surface area contributed by atoms with Crippen molar-refractivity contribution in [2.24, 2.45) is 0 Å². The highest BCUT2D eigenvalue weighted by Gasteiger charge is 2.16. The summed E-state index contributed by atoms with van der Waals surface area (Å²) in [7, 11) is -4.60. The molecule has 1 rings (SSSR count). The third-order valence-electron chi connectivity index (χ3n) is 1.85. The van der Waals surface area contributed by atoms with Crippen molar-refractivity contribution in [3.63, 3.8) is 0 Å². The van der Waals surface area contributed by atoms with E-state index in [1.54, 1.807) is 0 Å². The number of nitro benzene ring substituents is 1. The normalized spacial score (nSPS) is 10.5. The molecule has 0 aliphatic heterocycles. The molecule has 0 atom stereocenters. The Morgan fingerprint density at radius 1 is 1.14 bits per heavy atom. The van der Waals surface area contributed by atoms with Crippen molar-refractivity contribution in [1.29, 1.82) is 0 Å². The van der Waals surface area contributed by atoms with Crippen LogP contribution in [0.4, 0.5) is 5.69 Å². The van der Waals surface area contributed by atoms with Crippen LogP contribution < -0.4 is 9.84 Å². The van der Waals surface area contributed by atoms with Gasteiger partial charge in [-0.2, -0.15) is 0 Å². The van der Waals surface area contributed by atoms with E-state index in [4.69, 9.17) is 20.0 Å². The minimum Gasteiger partial charge on any atom is -0.404 e. The summed E-state index contributed by atoms with van der Waals surface area (Å²) in [6, 6.07) is 4.39. The Labute approximate surface area is 120 Å². The number of benzene rings is 1. The van der Waals surface area contributed by atoms with Gasteiger partial charge in [0.2, 0.25) is 0 Å². The van der Waals surface area contributed by atoms with Crippen molar-refractivity contribution >= 4 is 13.5 Å². The van der Waals surface area contributed by atoms with E-state index in [1.807, 2.05) is 0 Å². The number of aliphatic hydroxyl groups excluding tert-OH is 2. The van der Waals surface area contributed by atoms with Crippen molar-refractivity contribution in [3.05, 3.63) is 34.4 Å². The first kappa shape index (κ1) is 19.4. The number of phosphoric ester groups is 1. The van der Waals surface area contributed by atoms with E-state index in [0.717, 1.165) is 24.3 Å². The van der Waals surface area contributed by atoms with E-state index in [2.05, 4.69) is 9.84 Å². The molecular formula is C10H17N2O8P. The summed E-state index contributed by atoms with van der Waals surface area (Å²) in [5, 5.41) is 29.3. The molecule has 0 aliphatic carbocycles. The van der Waals surface area contributed by atoms with Gasteiger partial charge < -0.3 is 20.1 Å². The van der Waals surface area contributed by atoms with E-state index >= 15 is 0 Å². The van der Waals surface area contributed by atoms with Crippen LogP contribution in [0, 0.1) is 10.1 Å². The van der Waals surface area contributed by atoms with Gasteiger partial charge in [0.25, 0.3) is 5.69 Å². The minimum atomic E-state index is -4.60. The molecule has 0 aliphatic rings. The molecule has 0 fully saturated rings. The van der Waals surface area contributed by atoms with Gasteiger partial charge in [-0.15, -0.1) is 0 Å². The Morgan fingerprint density at radius 2 is 1.62 bits per heavy atom. The van der Waals surface area contributed by atoms with E-state index in [1.165, 1.54) is 0 Å². The van der Waals surface area contributed by atoms with Crippen molar-refractivity contribution in [2.75, 3.05) is 26.3 Å². The first-order chi connectivity index (χ1) is 9.80. The van der Waals surface area contributed by atoms with Gasteiger partial charge >= 0.3 is 7.82 Å². The van der Waals surface area contributed by atoms with Crippen LogP contribution in [0.25, 0.3) is 0 Å². The predicted molar refractivity (Wildman–Crippen MR) is 72.8 cm³/mol. The molecule has 21 heavy (non-hydrogen) atoms. The molecule has 1 aromatic carbocycles. The summed E-state index contributed by atoms with van der Waals surface area (Å²) < 4.78 is 14.5. The Kier molecular flexibility index (Phi) is 9.46. The van der Waals surface area contributed by atoms with Crippen LogP contribution in [0.3, 0.4) is 0 Å². The van der Waals surface area contributed by atoms with Gasteiger partial charge in [-0.25, -0.2) is 4.57 Å². The zero-order valence-electron chi connectivity index (χ0n) is 11.0. The van der Waals surface area contributed by atoms with E-state index in [9.17, 15) is 14.7 Å². The number of hydrogen-bond acceptors (Lipinski definition) is 7. The minimum absolute atomic E-state index is 0.121. The van der Waals surface area contributed by atoms with Gasteiger partial charge in [0.1, 0.15) is 5.75 Å². The number of nitro groups is 1. The summed E-state index contributed by atoms with van der Waals surface area (Å²) in [5.74, 6) is -0.121. The number of non-ortho nitro benzene ring substituents is 1. The number of nitrogens with one attached hydrogen (secondary N) is 1. The van der Waals surface area contributed by atoms with Crippen molar-refractivity contribution in [3.8, 4) is 5.75 Å². The van der Waals surface area contributed by atoms with Crippen LogP contribution in [-0.2, 0) is 4.57 Å². The predicted octanol–water partition coefficient (Wildman–Crippen LogP) is -0.373. The van der Waals surface area contributed by atoms with E-state index in [-0.39, 0.29) is 24.7 Å². The molecule has 0 aromatic heterocycles. The van der Waals surface area contributed by atoms with Crippen LogP contribution >= 0.6 is 7.82 Å². The molecule has 1 aromatic rings. The molecule has 0 radical (unpaired) electrons. The van der Waals surface area contributed by atoms with Crippen LogP contribution in [0.15, 0.2) is 24.3 Å². The zero-order valence-corrected chi connectivity index (χ0v) is 11.8. The molecule has 0 amide bonds. The van der Waals surface area contributed by atoms with E-state index in [0.29, 0.717) is 13.1 Å². The summed E-state index contributed by atoms with van der Waals surface area (Å²) in [6.45, 7) is 1.42. The molecule has 0 heterocycles. The first-order valence-electron chi connectivity index (χ1n) is 5.72. The maximum atomic E-state index is 10.4. The third kappa shape index (κ3) is 10.9. The van der Waals surface area contributed by atoms with Crippen molar-refractivity contribution in [1.82, 2.24) is 5.32 Å². The van der Waals surface area contributed by atoms with Crippen LogP contribution in [0.1, 0.15) is 0 Å². The number of aliphatic hydroxyl groups is 2. The van der Waals surface area contributed by atoms with Crippen LogP contribution in [0.5, 0.6) is 5.75 Å². The van der Waals surface area contributed by atoms with Gasteiger partial charge in [-0.3, -0.25) is 19.9 Å². The molecule has 0 bridgehead atoms. The highest BCUT2D eigenvalue weighted by Crippen LogP contribution is 2.37. The summed E-state index contributed by atoms with van der Waals surface area (Å²) in [6.07, 6.45) is 0. The second kappa shape index (κ2) is 10.2. The maximum absolute atomic E-state index is 10.4. The van der Waals surface area contributed by atoms with Gasteiger partial charge in [0.15, 0.2) is 0 Å². The molecule has 0 unspecified atom stereocenters. The standard InChI is InChI=1S/C6H6NO6P.C4H11NO2/c8-7(9)5-1-3-6(4-2-5)13-14(10,11)12;6-3-1-5-2-4-7/h1-4H,(H2,10,11,12);5-7H,1-4H2. The number of phosphoric acid groups is 1. The Balaban J connectivity index is 0.000000486. The lowest BCUT2D eigenvalue weighted by Crippen LogP contribution is -2.21. The summed E-state index contributed by atoms with van der Waals surface area (Å²) >= 11 is 0. The molecule has 0 saturated heterocycles. The van der Waals surface area contributed by atoms with Gasteiger partial charge in [0.05, 0.1) is 18.1 Å². The van der Waals surface area contributed by atoms with Crippen molar-refractivity contribution in [2.45, 2.75) is 0 Å². The Bertz CT molecular complexity index is 457. The monoisotopic (exact) mass is 324 g/mol. The molecule has 120 valence electrons. The third-order valence-corrected chi connectivity index (χ3v) is 2.30. The SMILES string of the molecule is O=[N+]([O-])c1ccc(OP(=O)(O)O)cc1.OCCNCCO. The van der Waals surface area contributed by atoms with Crippen LogP contribution in [-0.4, -0.2) is 51.2 Å². The van der Waals surface area contributed by atoms with Crippen LogP contribution in [0.2, 0.25) is 0 Å². The highest BCUT2D eigenvalue weighted by molar-refractivity contribution is 7.46. The molecule has 10 nitrogen and oxygen atoms in total. The molecule has 5 N–H and O–H groups in total. The van der Waals surface area contributed by atoms with Gasteiger partial charge in [0, 0.05) is 25.2 Å². The average Bonchev–Trinajstić information content (AvgIpc) is 2.39. The molecular weight excluding hydrogens is 307 g/mol. The fourth-order valence-corrected chi connectivity index (χ4v) is 1.45. The lowest BCUT2D eigenvalue weighted by Gasteiger charge is -2.05. The van der Waals surface area contributed by atoms with Crippen molar-refractivity contribution < 1.29 is 34.0 Å². The van der Waals surface area contributed by atoms with Gasteiger partial charge in [-0.05, 0) is 12.1 Å². The second-order valence-corrected chi connectivity index (χ2v) is 4.69. The molecule has 0 spiro atoms. The fourth-order valence-electron chi connectivity index (χ4n) is 1.05.